The van der Waals surface area contributed by atoms with Crippen molar-refractivity contribution in [2.24, 2.45) is 0 Å². The number of sulfone groups is 2. The highest BCUT2D eigenvalue weighted by Gasteiger charge is 2.49. The molecule has 0 atom stereocenters. The first-order valence-corrected chi connectivity index (χ1v) is 45.2. The van der Waals surface area contributed by atoms with Gasteiger partial charge in [-0.3, -0.25) is 0 Å². The third kappa shape index (κ3) is 13.6. The molecule has 114 heavy (non-hydrogen) atoms. The molecule has 0 saturated heterocycles. The van der Waals surface area contributed by atoms with E-state index in [1.165, 1.54) is 111 Å². The van der Waals surface area contributed by atoms with Gasteiger partial charge in [0.05, 0.1) is 30.4 Å². The number of fused-ring (bicyclic) bond motifs is 12. The van der Waals surface area contributed by atoms with E-state index >= 15 is 16.8 Å². The third-order valence-corrected chi connectivity index (χ3v) is 29.8. The summed E-state index contributed by atoms with van der Waals surface area (Å²) in [5, 5.41) is 9.87. The minimum absolute atomic E-state index is 0.265. The van der Waals surface area contributed by atoms with Crippen LogP contribution >= 0.6 is 0 Å². The monoisotopic (exact) mass is 1540 g/mol. The van der Waals surface area contributed by atoms with Crippen LogP contribution in [0.15, 0.2) is 296 Å². The van der Waals surface area contributed by atoms with Crippen LogP contribution in [0.4, 0.5) is 22.7 Å². The zero-order chi connectivity index (χ0) is 79.6. The Bertz CT molecular complexity index is 5750. The summed E-state index contributed by atoms with van der Waals surface area (Å²) in [6.45, 7) is 31.0. The van der Waals surface area contributed by atoms with Crippen LogP contribution < -0.4 is 9.80 Å². The lowest BCUT2D eigenvalue weighted by Crippen LogP contribution is -2.28. The summed E-state index contributed by atoms with van der Waals surface area (Å²) in [5.41, 5.74) is 18.7. The number of unbranched alkanes of at least 4 members (excludes halogenated alkanes) is 4. The van der Waals surface area contributed by atoms with Crippen LogP contribution in [0, 0.1) is 0 Å². The minimum atomic E-state index is -4.08. The molecule has 0 fully saturated rings. The number of allylic oxidation sites excluding steroid dienone is 14. The molecule has 0 aromatic heterocycles. The maximum atomic E-state index is 16.0. The van der Waals surface area contributed by atoms with E-state index in [-0.39, 0.29) is 31.5 Å². The first kappa shape index (κ1) is 77.9. The van der Waals surface area contributed by atoms with E-state index < -0.39 is 19.7 Å². The van der Waals surface area contributed by atoms with Gasteiger partial charge in [-0.25, -0.2) is 16.8 Å². The van der Waals surface area contributed by atoms with Crippen molar-refractivity contribution in [3.63, 3.8) is 0 Å². The Morgan fingerprint density at radius 3 is 1.04 bits per heavy atom. The maximum absolute atomic E-state index is 16.0. The molecule has 0 unspecified atom stereocenters. The van der Waals surface area contributed by atoms with Crippen LogP contribution in [0.1, 0.15) is 194 Å². The van der Waals surface area contributed by atoms with Gasteiger partial charge in [-0.1, -0.05) is 239 Å². The quantitative estimate of drug-likeness (QED) is 0.0531. The zero-order valence-electron chi connectivity index (χ0n) is 69.1. The Morgan fingerprint density at radius 2 is 0.684 bits per heavy atom. The van der Waals surface area contributed by atoms with Crippen LogP contribution in [0.5, 0.6) is 0 Å². The second-order valence-corrected chi connectivity index (χ2v) is 38.4. The predicted molar refractivity (Wildman–Crippen MR) is 480 cm³/mol. The fourth-order valence-corrected chi connectivity index (χ4v) is 23.5. The summed E-state index contributed by atoms with van der Waals surface area (Å²) >= 11 is 0. The molecule has 16 rings (SSSR count). The van der Waals surface area contributed by atoms with E-state index in [0.29, 0.717) is 48.3 Å². The summed E-state index contributed by atoms with van der Waals surface area (Å²) in [6, 6.07) is 67.9. The van der Waals surface area contributed by atoms with E-state index in [0.717, 1.165) is 111 Å². The molecule has 10 aromatic rings. The molecule has 0 saturated carbocycles. The van der Waals surface area contributed by atoms with Gasteiger partial charge in [-0.2, -0.15) is 9.15 Å². The molecule has 6 aliphatic rings. The van der Waals surface area contributed by atoms with E-state index in [9.17, 15) is 0 Å². The summed E-state index contributed by atoms with van der Waals surface area (Å²) < 4.78 is 68.8. The molecule has 4 aliphatic heterocycles. The van der Waals surface area contributed by atoms with Gasteiger partial charge in [0.1, 0.15) is 13.1 Å². The Morgan fingerprint density at radius 1 is 0.351 bits per heavy atom. The SMILES string of the molecule is CCCCN1/C(=C/C=C2\CCC(/C=C/C3=[N+](CCCC)c4ccc5ccccc5c4C3(C)C)=C2S(=O)(=O)c2ccc(CCc3ccc(S(=O)(=O)C4=C(/C=C/C5=[N+](CCCC)c6ccc7ccccc7c6C5(C)C)CC/C4=C\C=C4\N(CCCC)c5ccc6ccccc6c5C4(C)C)cc3)cc2)C(C)(C)c2c1ccc1ccccc21. The Kier molecular flexibility index (Phi) is 21.2. The van der Waals surface area contributed by atoms with Crippen molar-refractivity contribution in [3.05, 3.63) is 320 Å². The first-order valence-electron chi connectivity index (χ1n) is 42.2. The van der Waals surface area contributed by atoms with Crippen molar-refractivity contribution in [1.82, 2.24) is 0 Å². The summed E-state index contributed by atoms with van der Waals surface area (Å²) in [5.74, 6) is 0. The van der Waals surface area contributed by atoms with Crippen molar-refractivity contribution in [2.75, 3.05) is 36.0 Å². The van der Waals surface area contributed by atoms with Crippen molar-refractivity contribution in [2.45, 2.75) is 204 Å². The summed E-state index contributed by atoms with van der Waals surface area (Å²) in [4.78, 5) is 6.30. The number of rotatable bonds is 25. The van der Waals surface area contributed by atoms with Gasteiger partial charge in [0.25, 0.3) is 0 Å². The summed E-state index contributed by atoms with van der Waals surface area (Å²) in [7, 11) is -8.17. The fourth-order valence-electron chi connectivity index (χ4n) is 20.0. The molecule has 0 N–H and O–H groups in total. The second kappa shape index (κ2) is 31.0. The average Bonchev–Trinajstić information content (AvgIpc) is 1.58. The topological polar surface area (TPSA) is 80.8 Å². The molecular weight excluding hydrogens is 1430 g/mol. The van der Waals surface area contributed by atoms with Gasteiger partial charge < -0.3 is 9.80 Å². The normalized spacial score (nSPS) is 19.1. The average molecular weight is 1550 g/mol. The number of anilines is 2. The molecule has 582 valence electrons. The molecule has 0 spiro atoms. The lowest BCUT2D eigenvalue weighted by atomic mass is 9.79. The zero-order valence-corrected chi connectivity index (χ0v) is 70.7. The number of hydrogen-bond donors (Lipinski definition) is 0. The number of nitrogens with zero attached hydrogens (tertiary/aromatic N) is 4. The molecule has 0 radical (unpaired) electrons. The smallest absolute Gasteiger partial charge is 0.210 e. The van der Waals surface area contributed by atoms with Crippen LogP contribution in [-0.4, -0.2) is 63.6 Å². The van der Waals surface area contributed by atoms with Crippen molar-refractivity contribution >= 4 is 96.9 Å². The van der Waals surface area contributed by atoms with E-state index in [1.807, 2.05) is 24.3 Å². The third-order valence-electron chi connectivity index (χ3n) is 25.9. The second-order valence-electron chi connectivity index (χ2n) is 34.7. The Labute approximate surface area is 678 Å². The number of aryl methyl sites for hydroxylation is 2. The van der Waals surface area contributed by atoms with Crippen LogP contribution in [-0.2, 0) is 54.2 Å². The van der Waals surface area contributed by atoms with Crippen molar-refractivity contribution < 1.29 is 26.0 Å². The highest BCUT2D eigenvalue weighted by molar-refractivity contribution is 7.96. The van der Waals surface area contributed by atoms with Crippen LogP contribution in [0.2, 0.25) is 0 Å². The number of benzene rings is 10. The van der Waals surface area contributed by atoms with Gasteiger partial charge in [0.15, 0.2) is 11.4 Å². The molecule has 8 nitrogen and oxygen atoms in total. The Balaban J connectivity index is 0.724. The molecular formula is C104H112N4O4S2+2. The fraction of sp³-hybridized carbons (Fsp3) is 0.327. The van der Waals surface area contributed by atoms with Crippen molar-refractivity contribution in [3.8, 4) is 0 Å². The van der Waals surface area contributed by atoms with Gasteiger partial charge in [0, 0.05) is 94.9 Å². The van der Waals surface area contributed by atoms with E-state index in [1.54, 1.807) is 24.3 Å². The highest BCUT2D eigenvalue weighted by Crippen LogP contribution is 2.55. The van der Waals surface area contributed by atoms with Crippen LogP contribution in [0.3, 0.4) is 0 Å². The van der Waals surface area contributed by atoms with E-state index in [4.69, 9.17) is 0 Å². The maximum Gasteiger partial charge on any atom is 0.210 e. The molecule has 10 aromatic carbocycles. The lowest BCUT2D eigenvalue weighted by Gasteiger charge is -2.27. The first-order chi connectivity index (χ1) is 54.9. The van der Waals surface area contributed by atoms with Gasteiger partial charge >= 0.3 is 0 Å². The Hall–Kier alpha value is -10.0. The molecule has 2 aliphatic carbocycles. The number of hydrogen-bond acceptors (Lipinski definition) is 6. The molecule has 10 heteroatoms. The molecule has 4 heterocycles. The predicted octanol–water partition coefficient (Wildman–Crippen LogP) is 25.4. The van der Waals surface area contributed by atoms with Gasteiger partial charge in [-0.05, 0) is 227 Å². The molecule has 0 amide bonds. The lowest BCUT2D eigenvalue weighted by molar-refractivity contribution is -0.438. The standard InChI is InChI=1S/C104H112N4O4S2/c1-13-17-67-105-87-59-47-73-29-21-25-33-83(73)95(87)101(5,6)91(105)63-51-77-43-44-78(52-64-92-102(7,8)96-84-34-26-22-30-74(84)48-60-88(96)106(92)68-18-14-2)99(77)113(109,110)81-55-39-71(40-56-81)37-38-72-41-57-82(58-42-72)114(111,112)100-79(53-65-93-103(9,10)97-85-35-27-23-31-75(85)49-61-89(97)107(93)69-19-15-3)45-46-80(100)54-66-94-104(11,12)98-86-36-28-24-32-76(86)50-62-90(98)108(94)70-20-16-4/h21-36,39-42,47-66H,13-20,37-38,43-46,67-70H2,1-12H3/q+2. The largest absolute Gasteiger partial charge is 0.344 e. The summed E-state index contributed by atoms with van der Waals surface area (Å²) in [6.07, 6.45) is 29.4. The molecule has 0 bridgehead atoms. The minimum Gasteiger partial charge on any atom is -0.344 e. The van der Waals surface area contributed by atoms with Gasteiger partial charge in [-0.15, -0.1) is 0 Å². The van der Waals surface area contributed by atoms with Crippen LogP contribution in [0.25, 0.3) is 43.1 Å². The van der Waals surface area contributed by atoms with Crippen molar-refractivity contribution in [1.29, 1.82) is 0 Å². The van der Waals surface area contributed by atoms with E-state index in [2.05, 4.69) is 296 Å². The highest BCUT2D eigenvalue weighted by atomic mass is 32.2. The van der Waals surface area contributed by atoms with Gasteiger partial charge in [0.2, 0.25) is 31.0 Å².